The molecule has 112 valence electrons. The van der Waals surface area contributed by atoms with Crippen molar-refractivity contribution in [2.45, 2.75) is 63.5 Å². The zero-order chi connectivity index (χ0) is 13.9. The average Bonchev–Trinajstić information content (AvgIpc) is 2.47. The van der Waals surface area contributed by atoms with Gasteiger partial charge in [-0.1, -0.05) is 25.7 Å². The smallest absolute Gasteiger partial charge is 0.282 e. The van der Waals surface area contributed by atoms with E-state index in [1.165, 1.54) is 6.42 Å². The van der Waals surface area contributed by atoms with E-state index in [-0.39, 0.29) is 12.1 Å². The summed E-state index contributed by atoms with van der Waals surface area (Å²) in [7, 11) is -1.59. The molecule has 2 N–H and O–H groups in total. The number of nitrogens with two attached hydrogens (primary N) is 1. The highest BCUT2D eigenvalue weighted by atomic mass is 32.2. The summed E-state index contributed by atoms with van der Waals surface area (Å²) in [5.41, 5.74) is 5.74. The van der Waals surface area contributed by atoms with Crippen molar-refractivity contribution >= 4 is 10.2 Å². The Morgan fingerprint density at radius 1 is 1.11 bits per heavy atom. The van der Waals surface area contributed by atoms with Gasteiger partial charge in [-0.15, -0.1) is 0 Å². The first-order chi connectivity index (χ1) is 9.07. The minimum atomic E-state index is -3.34. The van der Waals surface area contributed by atoms with Crippen LogP contribution in [0.15, 0.2) is 0 Å². The van der Waals surface area contributed by atoms with Gasteiger partial charge in [0.1, 0.15) is 0 Å². The molecule has 1 aliphatic heterocycles. The largest absolute Gasteiger partial charge is 0.329 e. The molecule has 1 atom stereocenters. The highest BCUT2D eigenvalue weighted by Gasteiger charge is 2.37. The number of rotatable bonds is 4. The predicted molar refractivity (Wildman–Crippen MR) is 77.0 cm³/mol. The monoisotopic (exact) mass is 289 g/mol. The van der Waals surface area contributed by atoms with Crippen LogP contribution in [0.2, 0.25) is 0 Å². The van der Waals surface area contributed by atoms with Crippen molar-refractivity contribution in [3.05, 3.63) is 0 Å². The third-order valence-corrected chi connectivity index (χ3v) is 6.69. The van der Waals surface area contributed by atoms with Gasteiger partial charge < -0.3 is 5.73 Å². The van der Waals surface area contributed by atoms with Crippen LogP contribution in [0.1, 0.15) is 51.4 Å². The van der Waals surface area contributed by atoms with Gasteiger partial charge in [0.15, 0.2) is 0 Å². The number of nitrogens with zero attached hydrogens (tertiary/aromatic N) is 2. The summed E-state index contributed by atoms with van der Waals surface area (Å²) < 4.78 is 28.8. The first-order valence-electron chi connectivity index (χ1n) is 7.52. The van der Waals surface area contributed by atoms with Crippen molar-refractivity contribution < 1.29 is 8.42 Å². The van der Waals surface area contributed by atoms with Gasteiger partial charge in [0.05, 0.1) is 0 Å². The molecule has 6 heteroatoms. The molecule has 1 saturated carbocycles. The van der Waals surface area contributed by atoms with Gasteiger partial charge in [0.2, 0.25) is 0 Å². The molecule has 2 aliphatic rings. The average molecular weight is 289 g/mol. The van der Waals surface area contributed by atoms with E-state index in [0.29, 0.717) is 13.1 Å². The van der Waals surface area contributed by atoms with Crippen LogP contribution in [0.25, 0.3) is 0 Å². The van der Waals surface area contributed by atoms with Gasteiger partial charge in [-0.3, -0.25) is 0 Å². The van der Waals surface area contributed by atoms with E-state index < -0.39 is 10.2 Å². The molecule has 0 bridgehead atoms. The van der Waals surface area contributed by atoms with Crippen molar-refractivity contribution in [2.24, 2.45) is 5.73 Å². The lowest BCUT2D eigenvalue weighted by atomic mass is 9.96. The van der Waals surface area contributed by atoms with E-state index in [0.717, 1.165) is 44.9 Å². The summed E-state index contributed by atoms with van der Waals surface area (Å²) in [6.45, 7) is 1.05. The van der Waals surface area contributed by atoms with Crippen molar-refractivity contribution in [3.63, 3.8) is 0 Å². The van der Waals surface area contributed by atoms with Gasteiger partial charge in [0, 0.05) is 32.2 Å². The lowest BCUT2D eigenvalue weighted by Gasteiger charge is -2.39. The Labute approximate surface area is 117 Å². The lowest BCUT2D eigenvalue weighted by Crippen LogP contribution is -2.54. The Hall–Kier alpha value is -0.170. The molecule has 1 aliphatic carbocycles. The van der Waals surface area contributed by atoms with E-state index >= 15 is 0 Å². The zero-order valence-corrected chi connectivity index (χ0v) is 12.7. The number of piperidine rings is 1. The molecule has 1 heterocycles. The highest BCUT2D eigenvalue weighted by molar-refractivity contribution is 7.86. The van der Waals surface area contributed by atoms with E-state index in [4.69, 9.17) is 5.73 Å². The van der Waals surface area contributed by atoms with Crippen LogP contribution in [0.3, 0.4) is 0 Å². The molecule has 19 heavy (non-hydrogen) atoms. The van der Waals surface area contributed by atoms with Gasteiger partial charge in [-0.2, -0.15) is 17.0 Å². The molecular weight excluding hydrogens is 262 g/mol. The minimum absolute atomic E-state index is 0.00945. The Morgan fingerprint density at radius 2 is 1.74 bits per heavy atom. The minimum Gasteiger partial charge on any atom is -0.329 e. The molecule has 0 aromatic rings. The van der Waals surface area contributed by atoms with Crippen molar-refractivity contribution in [3.8, 4) is 0 Å². The fraction of sp³-hybridized carbons (Fsp3) is 1.00. The Balaban J connectivity index is 2.10. The summed E-state index contributed by atoms with van der Waals surface area (Å²) >= 11 is 0. The van der Waals surface area contributed by atoms with Crippen LogP contribution < -0.4 is 5.73 Å². The standard InChI is InChI=1S/C13H27N3O2S/c1-15(12-7-3-2-4-8-12)19(17,18)16-10-6-5-9-13(16)11-14/h12-13H,2-11,14H2,1H3. The van der Waals surface area contributed by atoms with Crippen LogP contribution in [0, 0.1) is 0 Å². The third-order valence-electron chi connectivity index (χ3n) is 4.59. The summed E-state index contributed by atoms with van der Waals surface area (Å²) in [6, 6.07) is 0.170. The number of hydrogen-bond donors (Lipinski definition) is 1. The second-order valence-electron chi connectivity index (χ2n) is 5.81. The normalized spacial score (nSPS) is 27.8. The Kier molecular flexibility index (Phi) is 5.22. The maximum Gasteiger partial charge on any atom is 0.282 e. The molecule has 2 rings (SSSR count). The van der Waals surface area contributed by atoms with Crippen molar-refractivity contribution in [1.82, 2.24) is 8.61 Å². The van der Waals surface area contributed by atoms with E-state index in [1.807, 2.05) is 0 Å². The van der Waals surface area contributed by atoms with Crippen molar-refractivity contribution in [1.29, 1.82) is 0 Å². The van der Waals surface area contributed by atoms with Crippen LogP contribution in [-0.4, -0.2) is 49.2 Å². The van der Waals surface area contributed by atoms with Gasteiger partial charge in [-0.05, 0) is 25.7 Å². The second-order valence-corrected chi connectivity index (χ2v) is 7.75. The first kappa shape index (κ1) is 15.2. The molecule has 1 saturated heterocycles. The van der Waals surface area contributed by atoms with Gasteiger partial charge in [-0.25, -0.2) is 0 Å². The van der Waals surface area contributed by atoms with Crippen molar-refractivity contribution in [2.75, 3.05) is 20.1 Å². The fourth-order valence-electron chi connectivity index (χ4n) is 3.31. The summed E-state index contributed by atoms with van der Waals surface area (Å²) in [5.74, 6) is 0. The van der Waals surface area contributed by atoms with Gasteiger partial charge >= 0.3 is 0 Å². The molecule has 0 amide bonds. The Morgan fingerprint density at radius 3 is 2.37 bits per heavy atom. The number of hydrogen-bond acceptors (Lipinski definition) is 3. The van der Waals surface area contributed by atoms with E-state index in [9.17, 15) is 8.42 Å². The Bertz CT molecular complexity index is 379. The first-order valence-corrected chi connectivity index (χ1v) is 8.92. The molecule has 5 nitrogen and oxygen atoms in total. The van der Waals surface area contributed by atoms with Crippen LogP contribution in [0.4, 0.5) is 0 Å². The topological polar surface area (TPSA) is 66.6 Å². The summed E-state index contributed by atoms with van der Waals surface area (Å²) in [6.07, 6.45) is 8.45. The van der Waals surface area contributed by atoms with E-state index in [2.05, 4.69) is 0 Å². The maximum atomic E-state index is 12.8. The predicted octanol–water partition coefficient (Wildman–Crippen LogP) is 1.31. The molecular formula is C13H27N3O2S. The zero-order valence-electron chi connectivity index (χ0n) is 11.9. The molecule has 0 aromatic heterocycles. The molecule has 0 spiro atoms. The third kappa shape index (κ3) is 3.29. The SMILES string of the molecule is CN(C1CCCCC1)S(=O)(=O)N1CCCCC1CN. The highest BCUT2D eigenvalue weighted by Crippen LogP contribution is 2.27. The van der Waals surface area contributed by atoms with E-state index in [1.54, 1.807) is 15.7 Å². The maximum absolute atomic E-state index is 12.8. The summed E-state index contributed by atoms with van der Waals surface area (Å²) in [5, 5.41) is 0. The van der Waals surface area contributed by atoms with Crippen LogP contribution in [-0.2, 0) is 10.2 Å². The van der Waals surface area contributed by atoms with Crippen LogP contribution >= 0.6 is 0 Å². The molecule has 1 unspecified atom stereocenters. The van der Waals surface area contributed by atoms with Crippen LogP contribution in [0.5, 0.6) is 0 Å². The quantitative estimate of drug-likeness (QED) is 0.848. The summed E-state index contributed by atoms with van der Waals surface area (Å²) in [4.78, 5) is 0. The fourth-order valence-corrected chi connectivity index (χ4v) is 5.16. The second kappa shape index (κ2) is 6.52. The molecule has 2 fully saturated rings. The lowest BCUT2D eigenvalue weighted by molar-refractivity contribution is 0.216. The molecule has 0 aromatic carbocycles. The molecule has 0 radical (unpaired) electrons. The van der Waals surface area contributed by atoms with Gasteiger partial charge in [0.25, 0.3) is 10.2 Å².